The Bertz CT molecular complexity index is 550. The summed E-state index contributed by atoms with van der Waals surface area (Å²) in [5.41, 5.74) is -0.0160. The minimum Gasteiger partial charge on any atom is -0.341 e. The third-order valence-corrected chi connectivity index (χ3v) is 3.83. The molecule has 0 bridgehead atoms. The molecule has 1 aromatic carbocycles. The lowest BCUT2D eigenvalue weighted by Gasteiger charge is -2.22. The monoisotopic (exact) mass is 312 g/mol. The van der Waals surface area contributed by atoms with Crippen LogP contribution in [0.15, 0.2) is 18.2 Å². The molecule has 0 unspecified atom stereocenters. The van der Waals surface area contributed by atoms with Gasteiger partial charge in [-0.15, -0.1) is 0 Å². The highest BCUT2D eigenvalue weighted by atomic mass is 35.5. The molecule has 0 aromatic heterocycles. The summed E-state index contributed by atoms with van der Waals surface area (Å²) in [7, 11) is 0. The smallest absolute Gasteiger partial charge is 0.256 e. The van der Waals surface area contributed by atoms with Gasteiger partial charge in [0.25, 0.3) is 5.91 Å². The summed E-state index contributed by atoms with van der Waals surface area (Å²) >= 11 is 5.83. The van der Waals surface area contributed by atoms with Gasteiger partial charge in [-0.05, 0) is 24.6 Å². The average molecular weight is 313 g/mol. The molecule has 1 aliphatic heterocycles. The summed E-state index contributed by atoms with van der Waals surface area (Å²) in [6, 6.07) is 3.96. The van der Waals surface area contributed by atoms with Gasteiger partial charge in [-0.2, -0.15) is 0 Å². The maximum absolute atomic E-state index is 13.8. The van der Waals surface area contributed by atoms with Crippen LogP contribution in [0.3, 0.4) is 0 Å². The third-order valence-electron chi connectivity index (χ3n) is 3.60. The fourth-order valence-corrected chi connectivity index (χ4v) is 2.60. The van der Waals surface area contributed by atoms with Gasteiger partial charge < -0.3 is 9.80 Å². The topological polar surface area (TPSA) is 40.6 Å². The first-order chi connectivity index (χ1) is 10.0. The summed E-state index contributed by atoms with van der Waals surface area (Å²) in [4.78, 5) is 27.4. The van der Waals surface area contributed by atoms with E-state index in [2.05, 4.69) is 0 Å². The highest BCUT2D eigenvalue weighted by molar-refractivity contribution is 6.31. The summed E-state index contributed by atoms with van der Waals surface area (Å²) in [6.45, 7) is 3.86. The highest BCUT2D eigenvalue weighted by Crippen LogP contribution is 2.18. The van der Waals surface area contributed by atoms with Crippen molar-refractivity contribution in [3.8, 4) is 0 Å². The number of carbonyl (C=O) groups excluding carboxylic acids is 2. The second kappa shape index (κ2) is 6.89. The van der Waals surface area contributed by atoms with Gasteiger partial charge in [0.2, 0.25) is 5.91 Å². The van der Waals surface area contributed by atoms with Crippen molar-refractivity contribution in [1.29, 1.82) is 0 Å². The summed E-state index contributed by atoms with van der Waals surface area (Å²) in [6.07, 6.45) is 1.15. The van der Waals surface area contributed by atoms with Crippen molar-refractivity contribution in [3.05, 3.63) is 34.6 Å². The summed E-state index contributed by atoms with van der Waals surface area (Å²) in [5.74, 6) is -0.867. The van der Waals surface area contributed by atoms with Crippen LogP contribution in [0.4, 0.5) is 4.39 Å². The van der Waals surface area contributed by atoms with Crippen molar-refractivity contribution in [1.82, 2.24) is 9.80 Å². The molecule has 1 aromatic rings. The van der Waals surface area contributed by atoms with E-state index in [0.29, 0.717) is 44.0 Å². The molecule has 114 valence electrons. The fourth-order valence-electron chi connectivity index (χ4n) is 2.43. The van der Waals surface area contributed by atoms with Crippen molar-refractivity contribution in [2.24, 2.45) is 0 Å². The molecule has 1 saturated heterocycles. The van der Waals surface area contributed by atoms with E-state index in [0.717, 1.165) is 0 Å². The number of benzene rings is 1. The van der Waals surface area contributed by atoms with Crippen molar-refractivity contribution in [3.63, 3.8) is 0 Å². The van der Waals surface area contributed by atoms with Gasteiger partial charge in [0.1, 0.15) is 5.82 Å². The first-order valence-electron chi connectivity index (χ1n) is 7.05. The average Bonchev–Trinajstić information content (AvgIpc) is 2.74. The van der Waals surface area contributed by atoms with Gasteiger partial charge in [0, 0.05) is 37.6 Å². The van der Waals surface area contributed by atoms with Crippen molar-refractivity contribution in [2.45, 2.75) is 19.8 Å². The molecule has 2 rings (SSSR count). The van der Waals surface area contributed by atoms with Crippen LogP contribution < -0.4 is 0 Å². The molecule has 2 amide bonds. The van der Waals surface area contributed by atoms with E-state index in [9.17, 15) is 14.0 Å². The fraction of sp³-hybridized carbons (Fsp3) is 0.467. The largest absolute Gasteiger partial charge is 0.341 e. The molecule has 0 spiro atoms. The highest BCUT2D eigenvalue weighted by Gasteiger charge is 2.24. The lowest BCUT2D eigenvalue weighted by Crippen LogP contribution is -2.37. The van der Waals surface area contributed by atoms with E-state index in [4.69, 9.17) is 11.6 Å². The maximum atomic E-state index is 13.8. The maximum Gasteiger partial charge on any atom is 0.256 e. The van der Waals surface area contributed by atoms with Gasteiger partial charge in [0.05, 0.1) is 5.56 Å². The van der Waals surface area contributed by atoms with Gasteiger partial charge in [-0.3, -0.25) is 9.59 Å². The number of hydrogen-bond acceptors (Lipinski definition) is 2. The molecular formula is C15H18ClFN2O2. The Morgan fingerprint density at radius 3 is 2.57 bits per heavy atom. The van der Waals surface area contributed by atoms with Crippen LogP contribution in [0.25, 0.3) is 0 Å². The Balaban J connectivity index is 2.10. The number of halogens is 2. The van der Waals surface area contributed by atoms with E-state index in [1.807, 2.05) is 6.92 Å². The quantitative estimate of drug-likeness (QED) is 0.842. The molecule has 1 fully saturated rings. The van der Waals surface area contributed by atoms with Gasteiger partial charge in [0.15, 0.2) is 0 Å². The predicted molar refractivity (Wildman–Crippen MR) is 78.8 cm³/mol. The third kappa shape index (κ3) is 3.73. The number of rotatable bonds is 2. The number of nitrogens with zero attached hydrogens (tertiary/aromatic N) is 2. The molecule has 21 heavy (non-hydrogen) atoms. The number of hydrogen-bond donors (Lipinski definition) is 0. The number of carbonyl (C=O) groups is 2. The number of amides is 2. The molecule has 0 aliphatic carbocycles. The first kappa shape index (κ1) is 15.8. The van der Waals surface area contributed by atoms with Gasteiger partial charge in [-0.1, -0.05) is 18.5 Å². The van der Waals surface area contributed by atoms with Crippen LogP contribution in [0.1, 0.15) is 30.1 Å². The van der Waals surface area contributed by atoms with Crippen molar-refractivity contribution >= 4 is 23.4 Å². The molecular weight excluding hydrogens is 295 g/mol. The molecule has 1 heterocycles. The molecule has 6 heteroatoms. The second-order valence-corrected chi connectivity index (χ2v) is 5.44. The van der Waals surface area contributed by atoms with E-state index in [-0.39, 0.29) is 17.4 Å². The summed E-state index contributed by atoms with van der Waals surface area (Å²) < 4.78 is 13.8. The van der Waals surface area contributed by atoms with Crippen LogP contribution in [0.2, 0.25) is 5.02 Å². The Morgan fingerprint density at radius 2 is 1.86 bits per heavy atom. The molecule has 4 nitrogen and oxygen atoms in total. The van der Waals surface area contributed by atoms with E-state index in [1.165, 1.54) is 18.2 Å². The second-order valence-electron chi connectivity index (χ2n) is 5.00. The van der Waals surface area contributed by atoms with Gasteiger partial charge >= 0.3 is 0 Å². The zero-order valence-electron chi connectivity index (χ0n) is 11.9. The Kier molecular flexibility index (Phi) is 5.17. The molecule has 0 atom stereocenters. The molecule has 0 saturated carbocycles. The Labute approximate surface area is 128 Å². The van der Waals surface area contributed by atoms with Crippen LogP contribution in [0, 0.1) is 5.82 Å². The SMILES string of the molecule is CCC(=O)N1CCCN(C(=O)c2cc(Cl)ccc2F)CC1. The first-order valence-corrected chi connectivity index (χ1v) is 7.42. The van der Waals surface area contributed by atoms with Crippen LogP contribution in [0.5, 0.6) is 0 Å². The minimum absolute atomic E-state index is 0.0160. The van der Waals surface area contributed by atoms with Crippen molar-refractivity contribution in [2.75, 3.05) is 26.2 Å². The lowest BCUT2D eigenvalue weighted by molar-refractivity contribution is -0.130. The zero-order valence-corrected chi connectivity index (χ0v) is 12.7. The van der Waals surface area contributed by atoms with E-state index in [1.54, 1.807) is 9.80 Å². The minimum atomic E-state index is -0.574. The summed E-state index contributed by atoms with van der Waals surface area (Å²) in [5, 5.41) is 0.331. The van der Waals surface area contributed by atoms with Gasteiger partial charge in [-0.25, -0.2) is 4.39 Å². The Hall–Kier alpha value is -1.62. The van der Waals surface area contributed by atoms with Crippen LogP contribution in [-0.2, 0) is 4.79 Å². The van der Waals surface area contributed by atoms with E-state index < -0.39 is 5.82 Å². The lowest BCUT2D eigenvalue weighted by atomic mass is 10.2. The van der Waals surface area contributed by atoms with Crippen LogP contribution >= 0.6 is 11.6 Å². The molecule has 0 N–H and O–H groups in total. The normalized spacial score (nSPS) is 15.8. The molecule has 0 radical (unpaired) electrons. The Morgan fingerprint density at radius 1 is 1.19 bits per heavy atom. The van der Waals surface area contributed by atoms with Crippen molar-refractivity contribution < 1.29 is 14.0 Å². The predicted octanol–water partition coefficient (Wildman–Crippen LogP) is 2.56. The standard InChI is InChI=1S/C15H18ClFN2O2/c1-2-14(20)18-6-3-7-19(9-8-18)15(21)12-10-11(16)4-5-13(12)17/h4-5,10H,2-3,6-9H2,1H3. The molecule has 1 aliphatic rings. The van der Waals surface area contributed by atoms with Crippen LogP contribution in [-0.4, -0.2) is 47.8 Å². The van der Waals surface area contributed by atoms with E-state index >= 15 is 0 Å². The zero-order chi connectivity index (χ0) is 15.4.